The highest BCUT2D eigenvalue weighted by molar-refractivity contribution is 7.12. The third-order valence-electron chi connectivity index (χ3n) is 2.52. The smallest absolute Gasteiger partial charge is 0.287 e. The van der Waals surface area contributed by atoms with Gasteiger partial charge in [0.25, 0.3) is 11.6 Å². The van der Waals surface area contributed by atoms with Crippen LogP contribution in [0, 0.1) is 22.0 Å². The number of H-pyrrole nitrogens is 1. The Morgan fingerprint density at radius 1 is 1.52 bits per heavy atom. The Kier molecular flexibility index (Phi) is 4.71. The van der Waals surface area contributed by atoms with E-state index in [0.717, 1.165) is 9.75 Å². The molecule has 0 atom stereocenters. The van der Waals surface area contributed by atoms with Crippen molar-refractivity contribution in [1.82, 2.24) is 10.3 Å². The fourth-order valence-electron chi connectivity index (χ4n) is 1.56. The maximum absolute atomic E-state index is 11.8. The molecule has 2 aromatic rings. The standard InChI is InChI=1S/C13H12N4O3S/c14-5-1-2-10-3-4-11(21-10)8-16-13(18)12-6-9(7-15-12)17(19)20/h3-4,6-7,15H,5,8,14H2,(H,16,18). The van der Waals surface area contributed by atoms with Crippen LogP contribution >= 0.6 is 11.3 Å². The van der Waals surface area contributed by atoms with E-state index in [1.165, 1.54) is 23.6 Å². The summed E-state index contributed by atoms with van der Waals surface area (Å²) in [5.41, 5.74) is 5.30. The summed E-state index contributed by atoms with van der Waals surface area (Å²) < 4.78 is 0. The molecule has 2 rings (SSSR count). The van der Waals surface area contributed by atoms with Gasteiger partial charge in [-0.1, -0.05) is 11.8 Å². The highest BCUT2D eigenvalue weighted by Crippen LogP contribution is 2.16. The molecule has 1 amide bonds. The largest absolute Gasteiger partial charge is 0.351 e. The lowest BCUT2D eigenvalue weighted by molar-refractivity contribution is -0.384. The molecule has 2 aromatic heterocycles. The number of amides is 1. The molecule has 108 valence electrons. The van der Waals surface area contributed by atoms with E-state index in [2.05, 4.69) is 22.1 Å². The minimum absolute atomic E-state index is 0.143. The van der Waals surface area contributed by atoms with Gasteiger partial charge in [-0.25, -0.2) is 0 Å². The first-order valence-electron chi connectivity index (χ1n) is 5.99. The van der Waals surface area contributed by atoms with Gasteiger partial charge < -0.3 is 16.0 Å². The van der Waals surface area contributed by atoms with Crippen molar-refractivity contribution in [3.8, 4) is 11.8 Å². The second kappa shape index (κ2) is 6.69. The molecule has 0 aliphatic rings. The molecule has 4 N–H and O–H groups in total. The van der Waals surface area contributed by atoms with E-state index in [0.29, 0.717) is 13.1 Å². The Bertz CT molecular complexity index is 723. The van der Waals surface area contributed by atoms with Crippen molar-refractivity contribution < 1.29 is 9.72 Å². The molecule has 0 aromatic carbocycles. The van der Waals surface area contributed by atoms with Gasteiger partial charge in [0, 0.05) is 10.9 Å². The van der Waals surface area contributed by atoms with Gasteiger partial charge in [0.05, 0.1) is 29.1 Å². The van der Waals surface area contributed by atoms with Crippen LogP contribution in [0.5, 0.6) is 0 Å². The lowest BCUT2D eigenvalue weighted by Gasteiger charge is -2.00. The number of nitrogens with zero attached hydrogens (tertiary/aromatic N) is 1. The average Bonchev–Trinajstić information content (AvgIpc) is 3.11. The van der Waals surface area contributed by atoms with Crippen molar-refractivity contribution in [3.63, 3.8) is 0 Å². The lowest BCUT2D eigenvalue weighted by Crippen LogP contribution is -2.22. The molecule has 0 saturated carbocycles. The molecular weight excluding hydrogens is 292 g/mol. The molecule has 0 saturated heterocycles. The molecule has 0 bridgehead atoms. The number of nitrogens with two attached hydrogens (primary N) is 1. The van der Waals surface area contributed by atoms with Gasteiger partial charge in [-0.2, -0.15) is 0 Å². The quantitative estimate of drug-likeness (QED) is 0.447. The fraction of sp³-hybridized carbons (Fsp3) is 0.154. The number of aromatic amines is 1. The van der Waals surface area contributed by atoms with Gasteiger partial charge in [-0.15, -0.1) is 11.3 Å². The van der Waals surface area contributed by atoms with Crippen LogP contribution in [-0.2, 0) is 6.54 Å². The van der Waals surface area contributed by atoms with E-state index < -0.39 is 10.8 Å². The SMILES string of the molecule is NCC#Cc1ccc(CNC(=O)c2cc([N+](=O)[O-])c[nH]2)s1. The zero-order chi connectivity index (χ0) is 15.2. The third-order valence-corrected chi connectivity index (χ3v) is 3.52. The van der Waals surface area contributed by atoms with Crippen LogP contribution in [0.3, 0.4) is 0 Å². The van der Waals surface area contributed by atoms with E-state index in [9.17, 15) is 14.9 Å². The number of carbonyl (C=O) groups is 1. The van der Waals surface area contributed by atoms with Gasteiger partial charge in [-0.05, 0) is 12.1 Å². The predicted octanol–water partition coefficient (Wildman–Crippen LogP) is 1.22. The number of hydrogen-bond acceptors (Lipinski definition) is 5. The van der Waals surface area contributed by atoms with E-state index in [1.807, 2.05) is 12.1 Å². The van der Waals surface area contributed by atoms with Crippen molar-refractivity contribution in [1.29, 1.82) is 0 Å². The maximum Gasteiger partial charge on any atom is 0.287 e. The molecule has 0 aliphatic heterocycles. The number of hydrogen-bond donors (Lipinski definition) is 3. The van der Waals surface area contributed by atoms with E-state index in [1.54, 1.807) is 0 Å². The fourth-order valence-corrected chi connectivity index (χ4v) is 2.38. The summed E-state index contributed by atoms with van der Waals surface area (Å²) in [7, 11) is 0. The minimum atomic E-state index is -0.561. The molecule has 0 aliphatic carbocycles. The Balaban J connectivity index is 1.94. The summed E-state index contributed by atoms with van der Waals surface area (Å²) in [4.78, 5) is 26.2. The second-order valence-corrected chi connectivity index (χ2v) is 5.15. The molecular formula is C13H12N4O3S. The highest BCUT2D eigenvalue weighted by atomic mass is 32.1. The molecule has 0 spiro atoms. The second-order valence-electron chi connectivity index (χ2n) is 3.98. The van der Waals surface area contributed by atoms with Crippen molar-refractivity contribution >= 4 is 22.9 Å². The zero-order valence-electron chi connectivity index (χ0n) is 10.9. The Morgan fingerprint density at radius 3 is 3.00 bits per heavy atom. The molecule has 0 radical (unpaired) electrons. The van der Waals surface area contributed by atoms with Gasteiger partial charge >= 0.3 is 0 Å². The minimum Gasteiger partial charge on any atom is -0.351 e. The molecule has 2 heterocycles. The van der Waals surface area contributed by atoms with Crippen molar-refractivity contribution in [2.75, 3.05) is 6.54 Å². The number of carbonyl (C=O) groups excluding carboxylic acids is 1. The number of rotatable bonds is 4. The number of nitrogens with one attached hydrogen (secondary N) is 2. The summed E-state index contributed by atoms with van der Waals surface area (Å²) in [6, 6.07) is 4.92. The van der Waals surface area contributed by atoms with E-state index in [-0.39, 0.29) is 11.4 Å². The van der Waals surface area contributed by atoms with Gasteiger partial charge in [0.1, 0.15) is 5.69 Å². The zero-order valence-corrected chi connectivity index (χ0v) is 11.7. The summed E-state index contributed by atoms with van der Waals surface area (Å²) in [5.74, 6) is 5.27. The summed E-state index contributed by atoms with van der Waals surface area (Å²) in [6.45, 7) is 0.635. The number of nitro groups is 1. The molecule has 21 heavy (non-hydrogen) atoms. The van der Waals surface area contributed by atoms with Crippen LogP contribution in [-0.4, -0.2) is 22.4 Å². The van der Waals surface area contributed by atoms with Gasteiger partial charge in [0.2, 0.25) is 0 Å². The Labute approximate surface area is 124 Å². The van der Waals surface area contributed by atoms with Crippen molar-refractivity contribution in [2.45, 2.75) is 6.54 Å². The Morgan fingerprint density at radius 2 is 2.33 bits per heavy atom. The van der Waals surface area contributed by atoms with Gasteiger partial charge in [-0.3, -0.25) is 14.9 Å². The number of aromatic nitrogens is 1. The summed E-state index contributed by atoms with van der Waals surface area (Å²) in [5, 5.41) is 13.2. The summed E-state index contributed by atoms with van der Waals surface area (Å²) >= 11 is 1.46. The summed E-state index contributed by atoms with van der Waals surface area (Å²) in [6.07, 6.45) is 1.18. The van der Waals surface area contributed by atoms with E-state index >= 15 is 0 Å². The van der Waals surface area contributed by atoms with Crippen LogP contribution in [0.1, 0.15) is 20.2 Å². The van der Waals surface area contributed by atoms with Crippen molar-refractivity contribution in [2.24, 2.45) is 5.73 Å². The average molecular weight is 304 g/mol. The van der Waals surface area contributed by atoms with Crippen LogP contribution in [0.4, 0.5) is 5.69 Å². The monoisotopic (exact) mass is 304 g/mol. The first-order chi connectivity index (χ1) is 10.1. The molecule has 8 heteroatoms. The Hall–Kier alpha value is -2.63. The van der Waals surface area contributed by atoms with Crippen LogP contribution in [0.15, 0.2) is 24.4 Å². The third kappa shape index (κ3) is 3.92. The first-order valence-corrected chi connectivity index (χ1v) is 6.80. The first kappa shape index (κ1) is 14.8. The highest BCUT2D eigenvalue weighted by Gasteiger charge is 2.14. The van der Waals surface area contributed by atoms with Gasteiger partial charge in [0.15, 0.2) is 0 Å². The molecule has 7 nitrogen and oxygen atoms in total. The van der Waals surface area contributed by atoms with Crippen molar-refractivity contribution in [3.05, 3.63) is 50.0 Å². The van der Waals surface area contributed by atoms with Crippen LogP contribution < -0.4 is 11.1 Å². The lowest BCUT2D eigenvalue weighted by atomic mass is 10.3. The topological polar surface area (TPSA) is 114 Å². The predicted molar refractivity (Wildman–Crippen MR) is 78.9 cm³/mol. The van der Waals surface area contributed by atoms with E-state index in [4.69, 9.17) is 5.73 Å². The van der Waals surface area contributed by atoms with Crippen LogP contribution in [0.25, 0.3) is 0 Å². The van der Waals surface area contributed by atoms with Crippen LogP contribution in [0.2, 0.25) is 0 Å². The molecule has 0 fully saturated rings. The number of thiophene rings is 1. The maximum atomic E-state index is 11.8. The molecule has 0 unspecified atom stereocenters. The normalized spacial score (nSPS) is 9.76.